The van der Waals surface area contributed by atoms with Crippen LogP contribution in [-0.4, -0.2) is 23.4 Å². The van der Waals surface area contributed by atoms with E-state index in [1.165, 1.54) is 12.1 Å². The summed E-state index contributed by atoms with van der Waals surface area (Å²) < 4.78 is 4.99. The van der Waals surface area contributed by atoms with Crippen LogP contribution in [0.5, 0.6) is 0 Å². The Bertz CT molecular complexity index is 914. The van der Waals surface area contributed by atoms with E-state index in [0.717, 1.165) is 17.2 Å². The standard InChI is InChI=1S/C21H23ClN2O5/c1-12(2)15-6-5-7-16(13(3)4)20(15)23-19(25)11-29-21(26)17-9-8-14(22)10-18(17)24(27)28/h5-10,12-13H,11H2,1-4H3,(H,23,25). The first-order valence-corrected chi connectivity index (χ1v) is 9.53. The maximum atomic E-state index is 12.4. The van der Waals surface area contributed by atoms with Crippen LogP contribution >= 0.6 is 11.6 Å². The van der Waals surface area contributed by atoms with E-state index in [9.17, 15) is 19.7 Å². The highest BCUT2D eigenvalue weighted by atomic mass is 35.5. The van der Waals surface area contributed by atoms with Crippen molar-refractivity contribution >= 4 is 34.9 Å². The molecule has 0 aromatic heterocycles. The van der Waals surface area contributed by atoms with Gasteiger partial charge < -0.3 is 10.1 Å². The van der Waals surface area contributed by atoms with Gasteiger partial charge in [-0.3, -0.25) is 14.9 Å². The van der Waals surface area contributed by atoms with Gasteiger partial charge >= 0.3 is 5.97 Å². The smallest absolute Gasteiger partial charge is 0.345 e. The van der Waals surface area contributed by atoms with Crippen LogP contribution in [0.3, 0.4) is 0 Å². The van der Waals surface area contributed by atoms with Crippen LogP contribution in [0.1, 0.15) is 61.0 Å². The van der Waals surface area contributed by atoms with Gasteiger partial charge in [-0.25, -0.2) is 4.79 Å². The SMILES string of the molecule is CC(C)c1cccc(C(C)C)c1NC(=O)COC(=O)c1ccc(Cl)cc1[N+](=O)[O-]. The number of rotatable bonds is 7. The van der Waals surface area contributed by atoms with E-state index in [-0.39, 0.29) is 22.4 Å². The molecule has 0 unspecified atom stereocenters. The number of hydrogen-bond acceptors (Lipinski definition) is 5. The van der Waals surface area contributed by atoms with Crippen molar-refractivity contribution in [3.8, 4) is 0 Å². The topological polar surface area (TPSA) is 98.5 Å². The Labute approximate surface area is 174 Å². The predicted octanol–water partition coefficient (Wildman–Crippen LogP) is 5.29. The van der Waals surface area contributed by atoms with Gasteiger partial charge in [-0.1, -0.05) is 57.5 Å². The number of benzene rings is 2. The predicted molar refractivity (Wildman–Crippen MR) is 112 cm³/mol. The number of amides is 1. The second-order valence-corrected chi connectivity index (χ2v) is 7.60. The number of nitrogens with zero attached hydrogens (tertiary/aromatic N) is 1. The van der Waals surface area contributed by atoms with E-state index in [1.807, 2.05) is 45.9 Å². The third-order valence-corrected chi connectivity index (χ3v) is 4.58. The number of ether oxygens (including phenoxy) is 1. The Hall–Kier alpha value is -2.93. The van der Waals surface area contributed by atoms with Crippen LogP contribution in [0.25, 0.3) is 0 Å². The van der Waals surface area contributed by atoms with Crippen LogP contribution in [0.4, 0.5) is 11.4 Å². The maximum absolute atomic E-state index is 12.4. The number of para-hydroxylation sites is 1. The van der Waals surface area contributed by atoms with E-state index in [0.29, 0.717) is 5.69 Å². The summed E-state index contributed by atoms with van der Waals surface area (Å²) in [6, 6.07) is 9.43. The number of nitro benzene ring substituents is 1. The zero-order chi connectivity index (χ0) is 21.7. The van der Waals surface area contributed by atoms with E-state index in [2.05, 4.69) is 5.32 Å². The van der Waals surface area contributed by atoms with Crippen molar-refractivity contribution in [2.75, 3.05) is 11.9 Å². The molecule has 0 saturated heterocycles. The number of carbonyl (C=O) groups excluding carboxylic acids is 2. The molecule has 0 bridgehead atoms. The Morgan fingerprint density at radius 3 is 2.21 bits per heavy atom. The number of halogens is 1. The number of hydrogen-bond donors (Lipinski definition) is 1. The van der Waals surface area contributed by atoms with E-state index in [1.54, 1.807) is 0 Å². The second-order valence-electron chi connectivity index (χ2n) is 7.16. The van der Waals surface area contributed by atoms with Crippen LogP contribution in [-0.2, 0) is 9.53 Å². The zero-order valence-corrected chi connectivity index (χ0v) is 17.4. The number of anilines is 1. The number of esters is 1. The molecule has 0 aliphatic rings. The van der Waals surface area contributed by atoms with Crippen molar-refractivity contribution in [3.63, 3.8) is 0 Å². The molecule has 0 saturated carbocycles. The van der Waals surface area contributed by atoms with Gasteiger partial charge in [-0.15, -0.1) is 0 Å². The highest BCUT2D eigenvalue weighted by Crippen LogP contribution is 2.32. The van der Waals surface area contributed by atoms with Gasteiger partial charge in [0.15, 0.2) is 6.61 Å². The number of nitro groups is 1. The molecule has 0 radical (unpaired) electrons. The average Bonchev–Trinajstić information content (AvgIpc) is 2.65. The molecule has 154 valence electrons. The fourth-order valence-corrected chi connectivity index (χ4v) is 3.07. The van der Waals surface area contributed by atoms with E-state index in [4.69, 9.17) is 16.3 Å². The highest BCUT2D eigenvalue weighted by molar-refractivity contribution is 6.31. The van der Waals surface area contributed by atoms with Crippen molar-refractivity contribution in [2.45, 2.75) is 39.5 Å². The molecular weight excluding hydrogens is 396 g/mol. The third-order valence-electron chi connectivity index (χ3n) is 4.35. The van der Waals surface area contributed by atoms with Gasteiger partial charge in [-0.05, 0) is 35.1 Å². The molecule has 0 heterocycles. The van der Waals surface area contributed by atoms with Crippen molar-refractivity contribution in [1.82, 2.24) is 0 Å². The Balaban J connectivity index is 2.16. The van der Waals surface area contributed by atoms with Crippen molar-refractivity contribution in [1.29, 1.82) is 0 Å². The van der Waals surface area contributed by atoms with Gasteiger partial charge in [0.05, 0.1) is 4.92 Å². The molecule has 1 amide bonds. The lowest BCUT2D eigenvalue weighted by molar-refractivity contribution is -0.385. The highest BCUT2D eigenvalue weighted by Gasteiger charge is 2.23. The molecule has 2 aromatic carbocycles. The molecule has 1 N–H and O–H groups in total. The lowest BCUT2D eigenvalue weighted by Crippen LogP contribution is -2.23. The monoisotopic (exact) mass is 418 g/mol. The first-order valence-electron chi connectivity index (χ1n) is 9.15. The largest absolute Gasteiger partial charge is 0.452 e. The molecule has 2 aromatic rings. The van der Waals surface area contributed by atoms with Crippen LogP contribution in [0, 0.1) is 10.1 Å². The summed E-state index contributed by atoms with van der Waals surface area (Å²) in [7, 11) is 0. The Morgan fingerprint density at radius 2 is 1.69 bits per heavy atom. The van der Waals surface area contributed by atoms with Gasteiger partial charge in [0.25, 0.3) is 11.6 Å². The lowest BCUT2D eigenvalue weighted by atomic mass is 9.92. The minimum absolute atomic E-state index is 0.123. The normalized spacial score (nSPS) is 10.9. The molecule has 0 spiro atoms. The zero-order valence-electron chi connectivity index (χ0n) is 16.7. The van der Waals surface area contributed by atoms with Crippen molar-refractivity contribution in [2.24, 2.45) is 0 Å². The fourth-order valence-electron chi connectivity index (χ4n) is 2.91. The molecule has 7 nitrogen and oxygen atoms in total. The van der Waals surface area contributed by atoms with Gasteiger partial charge in [0.2, 0.25) is 0 Å². The first-order chi connectivity index (χ1) is 13.6. The van der Waals surface area contributed by atoms with Crippen molar-refractivity contribution < 1.29 is 19.2 Å². The molecule has 2 rings (SSSR count). The molecular formula is C21H23ClN2O5. The van der Waals surface area contributed by atoms with Crippen molar-refractivity contribution in [3.05, 3.63) is 68.2 Å². The molecule has 29 heavy (non-hydrogen) atoms. The quantitative estimate of drug-likeness (QED) is 0.374. The summed E-state index contributed by atoms with van der Waals surface area (Å²) in [4.78, 5) is 35.1. The minimum atomic E-state index is -0.968. The van der Waals surface area contributed by atoms with Gasteiger partial charge in [-0.2, -0.15) is 0 Å². The van der Waals surface area contributed by atoms with E-state index >= 15 is 0 Å². The summed E-state index contributed by atoms with van der Waals surface area (Å²) in [5.41, 5.74) is 1.91. The van der Waals surface area contributed by atoms with Crippen LogP contribution in [0.2, 0.25) is 5.02 Å². The molecule has 0 atom stereocenters. The number of carbonyl (C=O) groups is 2. The lowest BCUT2D eigenvalue weighted by Gasteiger charge is -2.20. The summed E-state index contributed by atoms with van der Waals surface area (Å²) in [6.07, 6.45) is 0. The second kappa shape index (κ2) is 9.52. The molecule has 0 aliphatic heterocycles. The maximum Gasteiger partial charge on any atom is 0.345 e. The molecule has 8 heteroatoms. The summed E-state index contributed by atoms with van der Waals surface area (Å²) in [5.74, 6) is -1.12. The van der Waals surface area contributed by atoms with Gasteiger partial charge in [0, 0.05) is 16.8 Å². The average molecular weight is 419 g/mol. The van der Waals surface area contributed by atoms with Gasteiger partial charge in [0.1, 0.15) is 5.56 Å². The van der Waals surface area contributed by atoms with E-state index < -0.39 is 29.1 Å². The summed E-state index contributed by atoms with van der Waals surface area (Å²) >= 11 is 5.74. The Morgan fingerprint density at radius 1 is 1.10 bits per heavy atom. The Kier molecular flexibility index (Phi) is 7.34. The molecule has 0 aliphatic carbocycles. The summed E-state index contributed by atoms with van der Waals surface area (Å²) in [6.45, 7) is 7.52. The first kappa shape index (κ1) is 22.4. The molecule has 0 fully saturated rings. The number of nitrogens with one attached hydrogen (secondary N) is 1. The van der Waals surface area contributed by atoms with Crippen LogP contribution in [0.15, 0.2) is 36.4 Å². The minimum Gasteiger partial charge on any atom is -0.452 e. The van der Waals surface area contributed by atoms with Crippen LogP contribution < -0.4 is 5.32 Å². The third kappa shape index (κ3) is 5.54. The fraction of sp³-hybridized carbons (Fsp3) is 0.333. The summed E-state index contributed by atoms with van der Waals surface area (Å²) in [5, 5.41) is 14.1.